The van der Waals surface area contributed by atoms with Gasteiger partial charge in [0, 0.05) is 12.5 Å². The van der Waals surface area contributed by atoms with E-state index in [4.69, 9.17) is 11.1 Å². The largest absolute Gasteiger partial charge is 0.401 e. The molecule has 0 atom stereocenters. The van der Waals surface area contributed by atoms with Crippen molar-refractivity contribution < 1.29 is 13.2 Å². The van der Waals surface area contributed by atoms with Crippen LogP contribution in [0.3, 0.4) is 0 Å². The van der Waals surface area contributed by atoms with Crippen LogP contribution in [-0.4, -0.2) is 36.0 Å². The highest BCUT2D eigenvalue weighted by molar-refractivity contribution is 5.76. The van der Waals surface area contributed by atoms with E-state index in [1.165, 1.54) is 4.90 Å². The van der Waals surface area contributed by atoms with Gasteiger partial charge >= 0.3 is 6.18 Å². The van der Waals surface area contributed by atoms with Crippen molar-refractivity contribution in [2.75, 3.05) is 13.1 Å². The Kier molecular flexibility index (Phi) is 4.58. The summed E-state index contributed by atoms with van der Waals surface area (Å²) < 4.78 is 36.7. The molecule has 1 aliphatic rings. The van der Waals surface area contributed by atoms with Crippen molar-refractivity contribution in [1.82, 2.24) is 4.90 Å². The molecular weight excluding hydrogens is 219 g/mol. The van der Waals surface area contributed by atoms with Crippen LogP contribution in [0.5, 0.6) is 0 Å². The first-order valence-corrected chi connectivity index (χ1v) is 5.52. The predicted molar refractivity (Wildman–Crippen MR) is 56.4 cm³/mol. The first-order chi connectivity index (χ1) is 7.38. The van der Waals surface area contributed by atoms with Crippen LogP contribution in [0.25, 0.3) is 0 Å². The van der Waals surface area contributed by atoms with E-state index in [2.05, 4.69) is 0 Å². The number of nitrogens with one attached hydrogen (secondary N) is 1. The highest BCUT2D eigenvalue weighted by Crippen LogP contribution is 2.30. The highest BCUT2D eigenvalue weighted by atomic mass is 19.4. The summed E-state index contributed by atoms with van der Waals surface area (Å²) in [6, 6.07) is 0.124. The summed E-state index contributed by atoms with van der Waals surface area (Å²) in [4.78, 5) is 1.50. The molecule has 0 aromatic heterocycles. The molecule has 0 aromatic carbocycles. The Hall–Kier alpha value is -0.780. The summed E-state index contributed by atoms with van der Waals surface area (Å²) in [5.41, 5.74) is 5.17. The molecule has 3 nitrogen and oxygen atoms in total. The summed E-state index contributed by atoms with van der Waals surface area (Å²) in [5.74, 6) is 0.105. The van der Waals surface area contributed by atoms with Gasteiger partial charge in [-0.15, -0.1) is 0 Å². The third kappa shape index (κ3) is 5.95. The van der Waals surface area contributed by atoms with E-state index >= 15 is 0 Å². The number of nitrogens with zero attached hydrogens (tertiary/aromatic N) is 1. The van der Waals surface area contributed by atoms with Gasteiger partial charge in [-0.2, -0.15) is 13.2 Å². The second kappa shape index (κ2) is 5.52. The number of rotatable bonds is 7. The molecule has 3 N–H and O–H groups in total. The normalized spacial score (nSPS) is 16.8. The van der Waals surface area contributed by atoms with Crippen molar-refractivity contribution in [3.8, 4) is 0 Å². The third-order valence-corrected chi connectivity index (χ3v) is 2.59. The van der Waals surface area contributed by atoms with Gasteiger partial charge in [-0.1, -0.05) is 0 Å². The number of alkyl halides is 3. The third-order valence-electron chi connectivity index (χ3n) is 2.59. The maximum absolute atomic E-state index is 12.2. The molecule has 94 valence electrons. The lowest BCUT2D eigenvalue weighted by molar-refractivity contribution is -0.147. The lowest BCUT2D eigenvalue weighted by Crippen LogP contribution is -2.36. The van der Waals surface area contributed by atoms with E-state index in [0.29, 0.717) is 25.8 Å². The van der Waals surface area contributed by atoms with E-state index in [1.807, 2.05) is 0 Å². The van der Waals surface area contributed by atoms with Crippen LogP contribution in [-0.2, 0) is 0 Å². The van der Waals surface area contributed by atoms with Gasteiger partial charge in [0.25, 0.3) is 0 Å². The summed E-state index contributed by atoms with van der Waals surface area (Å²) in [6.07, 6.45) is -0.512. The second-order valence-electron chi connectivity index (χ2n) is 4.30. The van der Waals surface area contributed by atoms with E-state index in [1.54, 1.807) is 0 Å². The average Bonchev–Trinajstić information content (AvgIpc) is 2.90. The van der Waals surface area contributed by atoms with Crippen molar-refractivity contribution >= 4 is 5.84 Å². The van der Waals surface area contributed by atoms with Gasteiger partial charge in [0.2, 0.25) is 0 Å². The summed E-state index contributed by atoms with van der Waals surface area (Å²) in [5, 5.41) is 7.01. The van der Waals surface area contributed by atoms with E-state index in [9.17, 15) is 13.2 Å². The summed E-state index contributed by atoms with van der Waals surface area (Å²) in [6.45, 7) is -0.352. The minimum Gasteiger partial charge on any atom is -0.388 e. The molecule has 0 aliphatic heterocycles. The number of unbranched alkanes of at least 4 members (excludes halogenated alkanes) is 1. The second-order valence-corrected chi connectivity index (χ2v) is 4.30. The predicted octanol–water partition coefficient (Wildman–Crippen LogP) is 2.12. The van der Waals surface area contributed by atoms with E-state index in [0.717, 1.165) is 12.8 Å². The molecule has 0 radical (unpaired) electrons. The fourth-order valence-electron chi connectivity index (χ4n) is 1.69. The number of halogens is 3. The Bertz CT molecular complexity index is 236. The van der Waals surface area contributed by atoms with E-state index < -0.39 is 12.7 Å². The molecule has 0 bridgehead atoms. The van der Waals surface area contributed by atoms with Crippen LogP contribution in [0.4, 0.5) is 13.2 Å². The van der Waals surface area contributed by atoms with Gasteiger partial charge < -0.3 is 5.73 Å². The number of nitrogens with two attached hydrogens (primary N) is 1. The van der Waals surface area contributed by atoms with Gasteiger partial charge in [-0.3, -0.25) is 10.3 Å². The maximum Gasteiger partial charge on any atom is 0.401 e. The van der Waals surface area contributed by atoms with Crippen molar-refractivity contribution in [2.24, 2.45) is 5.73 Å². The van der Waals surface area contributed by atoms with Crippen molar-refractivity contribution in [2.45, 2.75) is 44.3 Å². The van der Waals surface area contributed by atoms with Crippen molar-refractivity contribution in [1.29, 1.82) is 5.41 Å². The summed E-state index contributed by atoms with van der Waals surface area (Å²) >= 11 is 0. The Labute approximate surface area is 93.3 Å². The summed E-state index contributed by atoms with van der Waals surface area (Å²) in [7, 11) is 0. The average molecular weight is 237 g/mol. The minimum absolute atomic E-state index is 0.105. The lowest BCUT2D eigenvalue weighted by Gasteiger charge is -2.23. The Balaban J connectivity index is 2.21. The molecule has 0 aromatic rings. The molecular formula is C10H18F3N3. The SMILES string of the molecule is N=C(N)CCCCN(CC(F)(F)F)C1CC1. The molecule has 0 saturated heterocycles. The van der Waals surface area contributed by atoms with Crippen LogP contribution < -0.4 is 5.73 Å². The molecule has 0 unspecified atom stereocenters. The molecule has 0 heterocycles. The standard InChI is InChI=1S/C10H18F3N3/c11-10(12,13)7-16(8-4-5-8)6-2-1-3-9(14)15/h8H,1-7H2,(H3,14,15). The smallest absolute Gasteiger partial charge is 0.388 e. The first-order valence-electron chi connectivity index (χ1n) is 5.52. The van der Waals surface area contributed by atoms with Gasteiger partial charge in [-0.05, 0) is 32.2 Å². The van der Waals surface area contributed by atoms with Crippen LogP contribution in [0.15, 0.2) is 0 Å². The molecule has 16 heavy (non-hydrogen) atoms. The first kappa shape index (κ1) is 13.3. The zero-order valence-corrected chi connectivity index (χ0v) is 9.19. The van der Waals surface area contributed by atoms with Crippen LogP contribution in [0.1, 0.15) is 32.1 Å². The molecule has 1 saturated carbocycles. The highest BCUT2D eigenvalue weighted by Gasteiger charge is 2.37. The van der Waals surface area contributed by atoms with Crippen LogP contribution in [0.2, 0.25) is 0 Å². The molecule has 0 amide bonds. The number of amidine groups is 1. The van der Waals surface area contributed by atoms with Gasteiger partial charge in [-0.25, -0.2) is 0 Å². The molecule has 1 rings (SSSR count). The number of hydrogen-bond donors (Lipinski definition) is 2. The van der Waals surface area contributed by atoms with Crippen molar-refractivity contribution in [3.05, 3.63) is 0 Å². The lowest BCUT2D eigenvalue weighted by atomic mass is 10.2. The zero-order valence-electron chi connectivity index (χ0n) is 9.19. The Morgan fingerprint density at radius 2 is 1.94 bits per heavy atom. The fourth-order valence-corrected chi connectivity index (χ4v) is 1.69. The molecule has 1 fully saturated rings. The molecule has 1 aliphatic carbocycles. The Morgan fingerprint density at radius 1 is 1.31 bits per heavy atom. The van der Waals surface area contributed by atoms with E-state index in [-0.39, 0.29) is 11.9 Å². The fraction of sp³-hybridized carbons (Fsp3) is 0.900. The van der Waals surface area contributed by atoms with Crippen LogP contribution >= 0.6 is 0 Å². The van der Waals surface area contributed by atoms with Gasteiger partial charge in [0.1, 0.15) is 0 Å². The Morgan fingerprint density at radius 3 is 2.38 bits per heavy atom. The number of hydrogen-bond acceptors (Lipinski definition) is 2. The van der Waals surface area contributed by atoms with Crippen LogP contribution in [0, 0.1) is 5.41 Å². The zero-order chi connectivity index (χ0) is 12.2. The maximum atomic E-state index is 12.2. The quantitative estimate of drug-likeness (QED) is 0.405. The monoisotopic (exact) mass is 237 g/mol. The topological polar surface area (TPSA) is 53.1 Å². The molecule has 0 spiro atoms. The van der Waals surface area contributed by atoms with Gasteiger partial charge in [0.15, 0.2) is 0 Å². The van der Waals surface area contributed by atoms with Gasteiger partial charge in [0.05, 0.1) is 12.4 Å². The molecule has 6 heteroatoms. The van der Waals surface area contributed by atoms with Crippen molar-refractivity contribution in [3.63, 3.8) is 0 Å². The minimum atomic E-state index is -4.11.